The first-order valence-corrected chi connectivity index (χ1v) is 8.45. The highest BCUT2D eigenvalue weighted by molar-refractivity contribution is 7.99. The topological polar surface area (TPSA) is 110 Å². The number of nitrogens with zero attached hydrogens (tertiary/aromatic N) is 4. The Kier molecular flexibility index (Phi) is 6.10. The number of nitriles is 1. The van der Waals surface area contributed by atoms with Crippen LogP contribution in [0.5, 0.6) is 0 Å². The monoisotopic (exact) mass is 384 g/mol. The van der Waals surface area contributed by atoms with E-state index in [1.54, 1.807) is 6.92 Å². The lowest BCUT2D eigenvalue weighted by molar-refractivity contribution is -0.137. The first kappa shape index (κ1) is 19.6. The third kappa shape index (κ3) is 4.26. The minimum absolute atomic E-state index is 0.0588. The highest BCUT2D eigenvalue weighted by atomic mass is 32.2. The van der Waals surface area contributed by atoms with Gasteiger partial charge < -0.3 is 11.1 Å². The second-order valence-corrected chi connectivity index (χ2v) is 6.06. The van der Waals surface area contributed by atoms with Crippen molar-refractivity contribution in [1.82, 2.24) is 14.8 Å². The summed E-state index contributed by atoms with van der Waals surface area (Å²) in [6.07, 6.45) is -4.36. The number of rotatable bonds is 6. The fourth-order valence-electron chi connectivity index (χ4n) is 2.32. The molecule has 1 atom stereocenters. The zero-order valence-corrected chi connectivity index (χ0v) is 14.4. The highest BCUT2D eigenvalue weighted by Gasteiger charge is 2.34. The van der Waals surface area contributed by atoms with Crippen LogP contribution < -0.4 is 11.1 Å². The van der Waals surface area contributed by atoms with Crippen molar-refractivity contribution in [2.24, 2.45) is 0 Å². The van der Waals surface area contributed by atoms with E-state index in [9.17, 15) is 18.0 Å². The van der Waals surface area contributed by atoms with Gasteiger partial charge in [-0.15, -0.1) is 10.2 Å². The third-order valence-electron chi connectivity index (χ3n) is 3.45. The number of nitrogens with one attached hydrogen (secondary N) is 1. The zero-order chi connectivity index (χ0) is 19.3. The van der Waals surface area contributed by atoms with Gasteiger partial charge in [0.1, 0.15) is 6.04 Å². The number of hydrogen-bond acceptors (Lipinski definition) is 6. The Bertz CT molecular complexity index is 830. The van der Waals surface area contributed by atoms with E-state index in [0.717, 1.165) is 17.8 Å². The Hall–Kier alpha value is -2.74. The first-order valence-electron chi connectivity index (χ1n) is 7.46. The van der Waals surface area contributed by atoms with E-state index in [1.807, 2.05) is 6.07 Å². The van der Waals surface area contributed by atoms with E-state index in [-0.39, 0.29) is 29.0 Å². The molecule has 0 aliphatic rings. The number of anilines is 2. The van der Waals surface area contributed by atoms with Crippen LogP contribution in [0, 0.1) is 11.3 Å². The van der Waals surface area contributed by atoms with Gasteiger partial charge in [0.2, 0.25) is 11.9 Å². The zero-order valence-electron chi connectivity index (χ0n) is 13.6. The number of alkyl halides is 3. The number of benzene rings is 1. The number of carbonyl (C=O) groups excluding carboxylic acids is 1. The van der Waals surface area contributed by atoms with Crippen LogP contribution in [-0.2, 0) is 11.0 Å². The van der Waals surface area contributed by atoms with Gasteiger partial charge in [-0.1, -0.05) is 30.8 Å². The van der Waals surface area contributed by atoms with Gasteiger partial charge in [-0.25, -0.2) is 0 Å². The van der Waals surface area contributed by atoms with Gasteiger partial charge in [0.25, 0.3) is 0 Å². The number of halogens is 3. The molecule has 2 aromatic rings. The fourth-order valence-corrected chi connectivity index (χ4v) is 2.97. The molecule has 11 heteroatoms. The minimum atomic E-state index is -4.60. The molecular formula is C15H15F3N6OS. The van der Waals surface area contributed by atoms with Crippen LogP contribution in [0.1, 0.15) is 24.9 Å². The van der Waals surface area contributed by atoms with Crippen molar-refractivity contribution in [3.63, 3.8) is 0 Å². The Labute approximate surface area is 151 Å². The van der Waals surface area contributed by atoms with Gasteiger partial charge in [-0.3, -0.25) is 9.36 Å². The van der Waals surface area contributed by atoms with Crippen LogP contribution in [0.3, 0.4) is 0 Å². The summed E-state index contributed by atoms with van der Waals surface area (Å²) in [5.41, 5.74) is 4.46. The van der Waals surface area contributed by atoms with E-state index in [4.69, 9.17) is 11.0 Å². The lowest BCUT2D eigenvalue weighted by Gasteiger charge is -2.20. The van der Waals surface area contributed by atoms with Crippen molar-refractivity contribution in [2.45, 2.75) is 30.7 Å². The molecular weight excluding hydrogens is 369 g/mol. The van der Waals surface area contributed by atoms with Gasteiger partial charge in [0, 0.05) is 0 Å². The number of nitrogens with two attached hydrogens (primary N) is 1. The quantitative estimate of drug-likeness (QED) is 0.741. The summed E-state index contributed by atoms with van der Waals surface area (Å²) in [6.45, 7) is 1.68. The molecule has 3 N–H and O–H groups in total. The standard InChI is InChI=1S/C15H15F3N6OS/c1-2-11(24-13(20)22-23-14(24)26-8-7-19)12(25)21-10-6-4-3-5-9(10)15(16,17)18/h3-6,11H,2,8H2,1H3,(H2,20,22)(H,21,25). The van der Waals surface area contributed by atoms with Crippen LogP contribution in [-0.4, -0.2) is 26.4 Å². The molecule has 2 rings (SSSR count). The molecule has 0 spiro atoms. The highest BCUT2D eigenvalue weighted by Crippen LogP contribution is 2.35. The maximum Gasteiger partial charge on any atom is 0.418 e. The van der Waals surface area contributed by atoms with Crippen molar-refractivity contribution in [3.8, 4) is 6.07 Å². The summed E-state index contributed by atoms with van der Waals surface area (Å²) >= 11 is 1.03. The number of para-hydroxylation sites is 1. The minimum Gasteiger partial charge on any atom is -0.368 e. The van der Waals surface area contributed by atoms with E-state index < -0.39 is 23.7 Å². The predicted molar refractivity (Wildman–Crippen MR) is 90.2 cm³/mol. The number of nitrogen functional groups attached to an aromatic ring is 1. The van der Waals surface area contributed by atoms with Crippen molar-refractivity contribution in [2.75, 3.05) is 16.8 Å². The number of carbonyl (C=O) groups is 1. The number of amides is 1. The van der Waals surface area contributed by atoms with Crippen molar-refractivity contribution < 1.29 is 18.0 Å². The molecule has 0 saturated carbocycles. The first-order chi connectivity index (χ1) is 12.3. The molecule has 0 fully saturated rings. The molecule has 0 bridgehead atoms. The summed E-state index contributed by atoms with van der Waals surface area (Å²) < 4.78 is 40.6. The Morgan fingerprint density at radius 1 is 1.42 bits per heavy atom. The SMILES string of the molecule is CCC(C(=O)Nc1ccccc1C(F)(F)F)n1c(N)nnc1SCC#N. The molecule has 1 heterocycles. The molecule has 26 heavy (non-hydrogen) atoms. The Morgan fingerprint density at radius 3 is 2.73 bits per heavy atom. The molecule has 0 saturated heterocycles. The van der Waals surface area contributed by atoms with Crippen LogP contribution >= 0.6 is 11.8 Å². The summed E-state index contributed by atoms with van der Waals surface area (Å²) in [5, 5.41) is 18.7. The molecule has 7 nitrogen and oxygen atoms in total. The second kappa shape index (κ2) is 8.09. The average molecular weight is 384 g/mol. The molecule has 1 aromatic heterocycles. The summed E-state index contributed by atoms with van der Waals surface area (Å²) in [5.74, 6) is -0.682. The maximum absolute atomic E-state index is 13.1. The van der Waals surface area contributed by atoms with E-state index in [2.05, 4.69) is 15.5 Å². The normalized spacial score (nSPS) is 12.4. The lowest BCUT2D eigenvalue weighted by atomic mass is 10.1. The summed E-state index contributed by atoms with van der Waals surface area (Å²) in [7, 11) is 0. The molecule has 1 aromatic carbocycles. The Morgan fingerprint density at radius 2 is 2.12 bits per heavy atom. The van der Waals surface area contributed by atoms with Gasteiger partial charge in [0.05, 0.1) is 23.1 Å². The van der Waals surface area contributed by atoms with E-state index in [0.29, 0.717) is 0 Å². The number of thioether (sulfide) groups is 1. The molecule has 0 aliphatic heterocycles. The Balaban J connectivity index is 2.32. The molecule has 138 valence electrons. The summed E-state index contributed by atoms with van der Waals surface area (Å²) in [4.78, 5) is 12.6. The van der Waals surface area contributed by atoms with Crippen LogP contribution in [0.2, 0.25) is 0 Å². The molecule has 0 radical (unpaired) electrons. The van der Waals surface area contributed by atoms with Gasteiger partial charge in [0.15, 0.2) is 5.16 Å². The molecule has 1 amide bonds. The number of aromatic nitrogens is 3. The van der Waals surface area contributed by atoms with E-state index >= 15 is 0 Å². The second-order valence-electron chi connectivity index (χ2n) is 5.11. The lowest BCUT2D eigenvalue weighted by Crippen LogP contribution is -2.28. The van der Waals surface area contributed by atoms with E-state index in [1.165, 1.54) is 22.8 Å². The van der Waals surface area contributed by atoms with Crippen molar-refractivity contribution in [1.29, 1.82) is 5.26 Å². The maximum atomic E-state index is 13.1. The predicted octanol–water partition coefficient (Wildman–Crippen LogP) is 3.08. The largest absolute Gasteiger partial charge is 0.418 e. The third-order valence-corrected chi connectivity index (χ3v) is 4.26. The van der Waals surface area contributed by atoms with Crippen LogP contribution in [0.4, 0.5) is 24.8 Å². The van der Waals surface area contributed by atoms with Crippen LogP contribution in [0.15, 0.2) is 29.4 Å². The molecule has 1 unspecified atom stereocenters. The van der Waals surface area contributed by atoms with Crippen LogP contribution in [0.25, 0.3) is 0 Å². The van der Waals surface area contributed by atoms with Crippen molar-refractivity contribution in [3.05, 3.63) is 29.8 Å². The smallest absolute Gasteiger partial charge is 0.368 e. The fraction of sp³-hybridized carbons (Fsp3) is 0.333. The van der Waals surface area contributed by atoms with Gasteiger partial charge in [-0.05, 0) is 18.6 Å². The summed E-state index contributed by atoms with van der Waals surface area (Å²) in [6, 6.07) is 5.69. The average Bonchev–Trinajstić information content (AvgIpc) is 2.94. The molecule has 0 aliphatic carbocycles. The van der Waals surface area contributed by atoms with Gasteiger partial charge >= 0.3 is 6.18 Å². The number of hydrogen-bond donors (Lipinski definition) is 2. The van der Waals surface area contributed by atoms with Gasteiger partial charge in [-0.2, -0.15) is 18.4 Å². The van der Waals surface area contributed by atoms with Crippen molar-refractivity contribution >= 4 is 29.3 Å².